The highest BCUT2D eigenvalue weighted by Crippen LogP contribution is 2.28. The molecular weight excluding hydrogens is 232 g/mol. The van der Waals surface area contributed by atoms with Gasteiger partial charge in [-0.2, -0.15) is 0 Å². The van der Waals surface area contributed by atoms with Crippen molar-refractivity contribution in [2.24, 2.45) is 0 Å². The third-order valence-electron chi connectivity index (χ3n) is 2.30. The minimum atomic E-state index is -0.0603. The fourth-order valence-corrected chi connectivity index (χ4v) is 1.50. The van der Waals surface area contributed by atoms with Crippen LogP contribution in [-0.2, 0) is 4.79 Å². The number of nitrogens with one attached hydrogen (secondary N) is 2. The average Bonchev–Trinajstić information content (AvgIpc) is 2.35. The standard InChI is InChI=1S/C13H20N2O3/c1-9(2)15-13(16)8-14-11-7-10(17-3)5-6-12(11)18-4/h5-7,9,14H,8H2,1-4H3,(H,15,16). The zero-order valence-electron chi connectivity index (χ0n) is 11.2. The maximum Gasteiger partial charge on any atom is 0.239 e. The summed E-state index contributed by atoms with van der Waals surface area (Å²) in [6, 6.07) is 5.52. The van der Waals surface area contributed by atoms with Crippen LogP contribution in [0.1, 0.15) is 13.8 Å². The SMILES string of the molecule is COc1ccc(OC)c(NCC(=O)NC(C)C)c1. The lowest BCUT2D eigenvalue weighted by Gasteiger charge is -2.13. The molecule has 0 heterocycles. The van der Waals surface area contributed by atoms with E-state index in [1.165, 1.54) is 0 Å². The topological polar surface area (TPSA) is 59.6 Å². The molecule has 0 radical (unpaired) electrons. The van der Waals surface area contributed by atoms with Crippen LogP contribution in [0.4, 0.5) is 5.69 Å². The van der Waals surface area contributed by atoms with Crippen LogP contribution in [0.15, 0.2) is 18.2 Å². The van der Waals surface area contributed by atoms with E-state index in [1.54, 1.807) is 32.4 Å². The molecule has 0 aliphatic rings. The lowest BCUT2D eigenvalue weighted by atomic mass is 10.2. The van der Waals surface area contributed by atoms with Crippen molar-refractivity contribution >= 4 is 11.6 Å². The molecule has 0 aromatic heterocycles. The second-order valence-corrected chi connectivity index (χ2v) is 4.14. The fourth-order valence-electron chi connectivity index (χ4n) is 1.50. The van der Waals surface area contributed by atoms with Crippen molar-refractivity contribution in [3.05, 3.63) is 18.2 Å². The molecule has 5 nitrogen and oxygen atoms in total. The molecule has 0 unspecified atom stereocenters. The molecule has 0 aliphatic carbocycles. The molecule has 18 heavy (non-hydrogen) atoms. The summed E-state index contributed by atoms with van der Waals surface area (Å²) >= 11 is 0. The second kappa shape index (κ2) is 6.74. The normalized spacial score (nSPS) is 10.1. The van der Waals surface area contributed by atoms with Crippen molar-refractivity contribution < 1.29 is 14.3 Å². The number of hydrogen-bond donors (Lipinski definition) is 2. The molecule has 5 heteroatoms. The van der Waals surface area contributed by atoms with E-state index < -0.39 is 0 Å². The molecule has 0 aliphatic heterocycles. The Morgan fingerprint density at radius 2 is 2.00 bits per heavy atom. The van der Waals surface area contributed by atoms with E-state index >= 15 is 0 Å². The van der Waals surface area contributed by atoms with Gasteiger partial charge in [-0.25, -0.2) is 0 Å². The first kappa shape index (κ1) is 14.2. The molecule has 1 aromatic carbocycles. The number of hydrogen-bond acceptors (Lipinski definition) is 4. The van der Waals surface area contributed by atoms with Crippen LogP contribution in [0, 0.1) is 0 Å². The minimum absolute atomic E-state index is 0.0603. The van der Waals surface area contributed by atoms with Crippen molar-refractivity contribution in [2.75, 3.05) is 26.1 Å². The number of benzene rings is 1. The van der Waals surface area contributed by atoms with Gasteiger partial charge in [-0.15, -0.1) is 0 Å². The van der Waals surface area contributed by atoms with Gasteiger partial charge in [-0.05, 0) is 26.0 Å². The highest BCUT2D eigenvalue weighted by molar-refractivity contribution is 5.81. The Hall–Kier alpha value is -1.91. The first-order chi connectivity index (χ1) is 8.56. The summed E-state index contributed by atoms with van der Waals surface area (Å²) in [6.07, 6.45) is 0. The molecule has 0 bridgehead atoms. The number of anilines is 1. The zero-order valence-corrected chi connectivity index (χ0v) is 11.2. The van der Waals surface area contributed by atoms with Gasteiger partial charge < -0.3 is 20.1 Å². The van der Waals surface area contributed by atoms with Crippen molar-refractivity contribution in [3.8, 4) is 11.5 Å². The summed E-state index contributed by atoms with van der Waals surface area (Å²) in [5.74, 6) is 1.32. The van der Waals surface area contributed by atoms with E-state index in [2.05, 4.69) is 10.6 Å². The monoisotopic (exact) mass is 252 g/mol. The Labute approximate surface area is 107 Å². The van der Waals surface area contributed by atoms with Crippen LogP contribution in [0.5, 0.6) is 11.5 Å². The van der Waals surface area contributed by atoms with Crippen molar-refractivity contribution in [1.29, 1.82) is 0 Å². The van der Waals surface area contributed by atoms with E-state index in [0.29, 0.717) is 11.5 Å². The molecule has 1 aromatic rings. The van der Waals surface area contributed by atoms with Crippen LogP contribution >= 0.6 is 0 Å². The van der Waals surface area contributed by atoms with Crippen molar-refractivity contribution in [2.45, 2.75) is 19.9 Å². The van der Waals surface area contributed by atoms with E-state index in [9.17, 15) is 4.79 Å². The van der Waals surface area contributed by atoms with E-state index in [0.717, 1.165) is 5.69 Å². The molecule has 0 atom stereocenters. The Kier molecular flexibility index (Phi) is 5.30. The third-order valence-corrected chi connectivity index (χ3v) is 2.30. The summed E-state index contributed by atoms with van der Waals surface area (Å²) in [4.78, 5) is 11.5. The van der Waals surface area contributed by atoms with Crippen LogP contribution < -0.4 is 20.1 Å². The van der Waals surface area contributed by atoms with Gasteiger partial charge in [0.2, 0.25) is 5.91 Å². The van der Waals surface area contributed by atoms with Crippen LogP contribution in [-0.4, -0.2) is 32.7 Å². The number of carbonyl (C=O) groups is 1. The smallest absolute Gasteiger partial charge is 0.239 e. The summed E-state index contributed by atoms with van der Waals surface area (Å²) in [7, 11) is 3.18. The first-order valence-corrected chi connectivity index (χ1v) is 5.82. The molecule has 2 N–H and O–H groups in total. The Bertz CT molecular complexity index is 405. The maximum atomic E-state index is 11.5. The number of rotatable bonds is 6. The van der Waals surface area contributed by atoms with E-state index in [-0.39, 0.29) is 18.5 Å². The quantitative estimate of drug-likeness (QED) is 0.808. The average molecular weight is 252 g/mol. The molecule has 0 spiro atoms. The van der Waals surface area contributed by atoms with Gasteiger partial charge in [0.1, 0.15) is 11.5 Å². The van der Waals surface area contributed by atoms with Crippen LogP contribution in [0.3, 0.4) is 0 Å². The summed E-state index contributed by atoms with van der Waals surface area (Å²) in [6.45, 7) is 4.04. The summed E-state index contributed by atoms with van der Waals surface area (Å²) in [5.41, 5.74) is 0.732. The maximum absolute atomic E-state index is 11.5. The minimum Gasteiger partial charge on any atom is -0.497 e. The highest BCUT2D eigenvalue weighted by atomic mass is 16.5. The largest absolute Gasteiger partial charge is 0.497 e. The predicted molar refractivity (Wildman–Crippen MR) is 71.3 cm³/mol. The molecule has 0 saturated carbocycles. The fraction of sp³-hybridized carbons (Fsp3) is 0.462. The molecule has 1 rings (SSSR count). The number of methoxy groups -OCH3 is 2. The number of amides is 1. The van der Waals surface area contributed by atoms with Crippen LogP contribution in [0.2, 0.25) is 0 Å². The van der Waals surface area contributed by atoms with Crippen molar-refractivity contribution in [3.63, 3.8) is 0 Å². The highest BCUT2D eigenvalue weighted by Gasteiger charge is 2.07. The van der Waals surface area contributed by atoms with Gasteiger partial charge >= 0.3 is 0 Å². The molecular formula is C13H20N2O3. The Morgan fingerprint density at radius 3 is 2.56 bits per heavy atom. The van der Waals surface area contributed by atoms with Gasteiger partial charge in [0.15, 0.2) is 0 Å². The summed E-state index contributed by atoms with van der Waals surface area (Å²) < 4.78 is 10.3. The van der Waals surface area contributed by atoms with Gasteiger partial charge in [0, 0.05) is 12.1 Å². The van der Waals surface area contributed by atoms with Gasteiger partial charge in [0.25, 0.3) is 0 Å². The van der Waals surface area contributed by atoms with Gasteiger partial charge in [0.05, 0.1) is 26.5 Å². The Morgan fingerprint density at radius 1 is 1.28 bits per heavy atom. The third kappa shape index (κ3) is 4.16. The second-order valence-electron chi connectivity index (χ2n) is 4.14. The van der Waals surface area contributed by atoms with Crippen molar-refractivity contribution in [1.82, 2.24) is 5.32 Å². The number of carbonyl (C=O) groups excluding carboxylic acids is 1. The molecule has 0 fully saturated rings. The lowest BCUT2D eigenvalue weighted by molar-refractivity contribution is -0.119. The van der Waals surface area contributed by atoms with E-state index in [4.69, 9.17) is 9.47 Å². The van der Waals surface area contributed by atoms with Crippen LogP contribution in [0.25, 0.3) is 0 Å². The Balaban J connectivity index is 2.67. The van der Waals surface area contributed by atoms with Gasteiger partial charge in [-0.3, -0.25) is 4.79 Å². The molecule has 1 amide bonds. The number of ether oxygens (including phenoxy) is 2. The molecule has 0 saturated heterocycles. The lowest BCUT2D eigenvalue weighted by Crippen LogP contribution is -2.34. The summed E-state index contributed by atoms with van der Waals surface area (Å²) in [5, 5.41) is 5.83. The predicted octanol–water partition coefficient (Wildman–Crippen LogP) is 1.64. The molecule has 100 valence electrons. The van der Waals surface area contributed by atoms with E-state index in [1.807, 2.05) is 13.8 Å². The zero-order chi connectivity index (χ0) is 13.5. The first-order valence-electron chi connectivity index (χ1n) is 5.82. The van der Waals surface area contributed by atoms with Gasteiger partial charge in [-0.1, -0.05) is 0 Å².